The average Bonchev–Trinajstić information content (AvgIpc) is 2.94. The summed E-state index contributed by atoms with van der Waals surface area (Å²) in [6, 6.07) is 13.4. The molecule has 1 aromatic heterocycles. The van der Waals surface area contributed by atoms with Crippen molar-refractivity contribution in [2.24, 2.45) is 0 Å². The molecular formula is C15H13N3O3S2. The molecule has 6 nitrogen and oxygen atoms in total. The molecule has 23 heavy (non-hydrogen) atoms. The lowest BCUT2D eigenvalue weighted by Crippen LogP contribution is -2.13. The largest absolute Gasteiger partial charge is 0.409 e. The Kier molecular flexibility index (Phi) is 4.01. The van der Waals surface area contributed by atoms with E-state index < -0.39 is 10.0 Å². The maximum absolute atomic E-state index is 12.5. The van der Waals surface area contributed by atoms with Crippen LogP contribution in [0.5, 0.6) is 0 Å². The van der Waals surface area contributed by atoms with Crippen molar-refractivity contribution in [2.75, 3.05) is 4.72 Å². The smallest absolute Gasteiger partial charge is 0.284 e. The summed E-state index contributed by atoms with van der Waals surface area (Å²) in [6.45, 7) is 1.89. The summed E-state index contributed by atoms with van der Waals surface area (Å²) in [7, 11) is -3.71. The van der Waals surface area contributed by atoms with Crippen LogP contribution in [-0.4, -0.2) is 18.6 Å². The lowest BCUT2D eigenvalue weighted by atomic mass is 10.2. The van der Waals surface area contributed by atoms with Gasteiger partial charge in [-0.25, -0.2) is 13.5 Å². The molecule has 0 radical (unpaired) electrons. The molecule has 0 unspecified atom stereocenters. The zero-order valence-electron chi connectivity index (χ0n) is 12.1. The Morgan fingerprint density at radius 1 is 1.17 bits per heavy atom. The second-order valence-electron chi connectivity index (χ2n) is 4.92. The van der Waals surface area contributed by atoms with E-state index >= 15 is 0 Å². The van der Waals surface area contributed by atoms with Gasteiger partial charge in [-0.15, -0.1) is 5.10 Å². The Balaban J connectivity index is 1.95. The topological polar surface area (TPSA) is 88.0 Å². The number of nitrogens with one attached hydrogen (secondary N) is 2. The molecule has 0 bridgehead atoms. The van der Waals surface area contributed by atoms with Crippen molar-refractivity contribution < 1.29 is 12.8 Å². The summed E-state index contributed by atoms with van der Waals surface area (Å²) in [5.74, 6) is 0.239. The Morgan fingerprint density at radius 2 is 1.96 bits per heavy atom. The van der Waals surface area contributed by atoms with Crippen LogP contribution >= 0.6 is 12.2 Å². The number of aromatic nitrogens is 2. The monoisotopic (exact) mass is 347 g/mol. The molecule has 0 saturated heterocycles. The van der Waals surface area contributed by atoms with Gasteiger partial charge in [-0.2, -0.15) is 0 Å². The standard InChI is InChI=1S/C15H13N3O3S2/c1-10-4-2-6-12(8-10)18-23(19,20)13-7-3-5-11(9-13)14-16-17-15(22)21-14/h2-9,18H,1H3,(H,17,22). The molecule has 0 atom stereocenters. The Labute approximate surface area is 138 Å². The number of benzene rings is 2. The molecule has 3 rings (SSSR count). The van der Waals surface area contributed by atoms with Crippen LogP contribution in [0.4, 0.5) is 5.69 Å². The Bertz CT molecular complexity index is 1010. The van der Waals surface area contributed by atoms with Gasteiger partial charge in [0.1, 0.15) is 0 Å². The molecule has 0 fully saturated rings. The van der Waals surface area contributed by atoms with Crippen LogP contribution in [0.15, 0.2) is 57.8 Å². The third kappa shape index (κ3) is 3.49. The van der Waals surface area contributed by atoms with Crippen LogP contribution in [0, 0.1) is 11.8 Å². The van der Waals surface area contributed by atoms with Crippen molar-refractivity contribution in [3.63, 3.8) is 0 Å². The summed E-state index contributed by atoms with van der Waals surface area (Å²) < 4.78 is 32.8. The number of sulfonamides is 1. The number of hydrogen-bond acceptors (Lipinski definition) is 5. The minimum absolute atomic E-state index is 0.112. The van der Waals surface area contributed by atoms with Gasteiger partial charge in [-0.05, 0) is 55.0 Å². The highest BCUT2D eigenvalue weighted by molar-refractivity contribution is 7.92. The van der Waals surface area contributed by atoms with Crippen molar-refractivity contribution in [3.8, 4) is 11.5 Å². The Morgan fingerprint density at radius 3 is 2.65 bits per heavy atom. The second kappa shape index (κ2) is 5.98. The van der Waals surface area contributed by atoms with E-state index in [2.05, 4.69) is 14.9 Å². The summed E-state index contributed by atoms with van der Waals surface area (Å²) in [6.07, 6.45) is 0. The maximum atomic E-state index is 12.5. The van der Waals surface area contributed by atoms with Crippen molar-refractivity contribution in [1.29, 1.82) is 0 Å². The fraction of sp³-hybridized carbons (Fsp3) is 0.0667. The average molecular weight is 347 g/mol. The predicted molar refractivity (Wildman–Crippen MR) is 89.1 cm³/mol. The van der Waals surface area contributed by atoms with Gasteiger partial charge < -0.3 is 4.42 Å². The van der Waals surface area contributed by atoms with E-state index in [9.17, 15) is 8.42 Å². The zero-order valence-corrected chi connectivity index (χ0v) is 13.7. The van der Waals surface area contributed by atoms with E-state index in [0.717, 1.165) is 5.56 Å². The predicted octanol–water partition coefficient (Wildman–Crippen LogP) is 3.51. The van der Waals surface area contributed by atoms with Crippen LogP contribution < -0.4 is 4.72 Å². The van der Waals surface area contributed by atoms with Gasteiger partial charge >= 0.3 is 0 Å². The number of anilines is 1. The summed E-state index contributed by atoms with van der Waals surface area (Å²) in [5, 5.41) is 6.40. The molecular weight excluding hydrogens is 334 g/mol. The lowest BCUT2D eigenvalue weighted by molar-refractivity contribution is 0.552. The first-order valence-electron chi connectivity index (χ1n) is 6.69. The van der Waals surface area contributed by atoms with Gasteiger partial charge in [0.2, 0.25) is 5.89 Å². The molecule has 0 amide bonds. The summed E-state index contributed by atoms with van der Waals surface area (Å²) >= 11 is 4.82. The van der Waals surface area contributed by atoms with E-state index in [1.165, 1.54) is 12.1 Å². The molecule has 1 heterocycles. The van der Waals surface area contributed by atoms with Crippen LogP contribution in [0.25, 0.3) is 11.5 Å². The number of nitrogens with zero attached hydrogens (tertiary/aromatic N) is 1. The minimum Gasteiger partial charge on any atom is -0.409 e. The first-order chi connectivity index (χ1) is 10.9. The number of H-pyrrole nitrogens is 1. The van der Waals surface area contributed by atoms with Gasteiger partial charge in [0.15, 0.2) is 0 Å². The van der Waals surface area contributed by atoms with Crippen LogP contribution in [0.1, 0.15) is 5.56 Å². The summed E-state index contributed by atoms with van der Waals surface area (Å²) in [4.78, 5) is 0.242. The fourth-order valence-electron chi connectivity index (χ4n) is 2.07. The van der Waals surface area contributed by atoms with E-state index in [4.69, 9.17) is 16.6 Å². The van der Waals surface area contributed by atoms with Gasteiger partial charge in [0.05, 0.1) is 4.90 Å². The van der Waals surface area contributed by atoms with Gasteiger partial charge in [0, 0.05) is 11.3 Å². The van der Waals surface area contributed by atoms with Crippen molar-refractivity contribution >= 4 is 27.9 Å². The van der Waals surface area contributed by atoms with E-state index in [0.29, 0.717) is 11.3 Å². The quantitative estimate of drug-likeness (QED) is 0.705. The van der Waals surface area contributed by atoms with E-state index in [-0.39, 0.29) is 15.6 Å². The highest BCUT2D eigenvalue weighted by Gasteiger charge is 2.16. The lowest BCUT2D eigenvalue weighted by Gasteiger charge is -2.09. The first kappa shape index (κ1) is 15.4. The van der Waals surface area contributed by atoms with Gasteiger partial charge in [-0.1, -0.05) is 18.2 Å². The molecule has 2 aromatic carbocycles. The normalized spacial score (nSPS) is 11.3. The second-order valence-corrected chi connectivity index (χ2v) is 6.97. The minimum atomic E-state index is -3.71. The SMILES string of the molecule is Cc1cccc(NS(=O)(=O)c2cccc(-c3n[nH]c(=S)o3)c2)c1. The van der Waals surface area contributed by atoms with E-state index in [1.54, 1.807) is 30.3 Å². The van der Waals surface area contributed by atoms with Crippen LogP contribution in [-0.2, 0) is 10.0 Å². The zero-order chi connectivity index (χ0) is 16.4. The molecule has 3 aromatic rings. The summed E-state index contributed by atoms with van der Waals surface area (Å²) in [5.41, 5.74) is 1.99. The van der Waals surface area contributed by atoms with Gasteiger partial charge in [-0.3, -0.25) is 4.72 Å². The molecule has 0 aliphatic carbocycles. The van der Waals surface area contributed by atoms with Crippen LogP contribution in [0.2, 0.25) is 0 Å². The van der Waals surface area contributed by atoms with Crippen LogP contribution in [0.3, 0.4) is 0 Å². The Hall–Kier alpha value is -2.45. The third-order valence-corrected chi connectivity index (χ3v) is 4.65. The fourth-order valence-corrected chi connectivity index (χ4v) is 3.29. The molecule has 0 aliphatic heterocycles. The molecule has 8 heteroatoms. The number of hydrogen-bond donors (Lipinski definition) is 2. The van der Waals surface area contributed by atoms with Crippen molar-refractivity contribution in [2.45, 2.75) is 11.8 Å². The number of aryl methyl sites for hydroxylation is 1. The van der Waals surface area contributed by atoms with Crippen molar-refractivity contribution in [3.05, 3.63) is 58.9 Å². The highest BCUT2D eigenvalue weighted by atomic mass is 32.2. The van der Waals surface area contributed by atoms with Gasteiger partial charge in [0.25, 0.3) is 14.9 Å². The third-order valence-electron chi connectivity index (χ3n) is 3.10. The first-order valence-corrected chi connectivity index (χ1v) is 8.59. The molecule has 0 saturated carbocycles. The van der Waals surface area contributed by atoms with Crippen molar-refractivity contribution in [1.82, 2.24) is 10.2 Å². The molecule has 0 aliphatic rings. The molecule has 118 valence electrons. The maximum Gasteiger partial charge on any atom is 0.284 e. The van der Waals surface area contributed by atoms with E-state index in [1.807, 2.05) is 13.0 Å². The molecule has 0 spiro atoms. The highest BCUT2D eigenvalue weighted by Crippen LogP contribution is 2.22. The number of rotatable bonds is 4. The molecule has 2 N–H and O–H groups in total. The number of aromatic amines is 1.